The summed E-state index contributed by atoms with van der Waals surface area (Å²) in [5.41, 5.74) is 0.176. The number of rotatable bonds is 4. The smallest absolute Gasteiger partial charge is 0.466 e. The minimum Gasteiger partial charge on any atom is -0.478 e. The Morgan fingerprint density at radius 3 is 1.35 bits per heavy atom. The molecule has 17 heavy (non-hydrogen) atoms. The molecule has 0 saturated heterocycles. The lowest BCUT2D eigenvalue weighted by Gasteiger charge is -1.85. The van der Waals surface area contributed by atoms with Crippen molar-refractivity contribution in [2.75, 3.05) is 13.2 Å². The van der Waals surface area contributed by atoms with Crippen LogP contribution in [0, 0.1) is 0 Å². The van der Waals surface area contributed by atoms with Gasteiger partial charge in [-0.1, -0.05) is 6.58 Å². The van der Waals surface area contributed by atoms with Crippen molar-refractivity contribution in [3.8, 4) is 0 Å². The monoisotopic (exact) mass is 274 g/mol. The number of hydrogen-bond donors (Lipinski definition) is 6. The number of phosphoric acid groups is 1. The van der Waals surface area contributed by atoms with Gasteiger partial charge in [0.2, 0.25) is 0 Å². The van der Waals surface area contributed by atoms with E-state index in [4.69, 9.17) is 34.6 Å². The Hall–Kier alpha value is -0.760. The molecule has 0 fully saturated rings. The van der Waals surface area contributed by atoms with E-state index in [-0.39, 0.29) is 18.8 Å². The maximum atomic E-state index is 9.60. The lowest BCUT2D eigenvalue weighted by molar-refractivity contribution is -0.132. The molecule has 0 aliphatic carbocycles. The largest absolute Gasteiger partial charge is 0.478 e. The van der Waals surface area contributed by atoms with Crippen molar-refractivity contribution in [2.45, 2.75) is 19.8 Å². The SMILES string of the molecule is C=C(C)C(=O)O.O=P(O)(O)O.OCCCCO. The van der Waals surface area contributed by atoms with Crippen LogP contribution < -0.4 is 0 Å². The normalized spacial score (nSPS) is 9.29. The van der Waals surface area contributed by atoms with Gasteiger partial charge in [-0.05, 0) is 19.8 Å². The second kappa shape index (κ2) is 13.3. The highest BCUT2D eigenvalue weighted by atomic mass is 31.2. The predicted molar refractivity (Wildman–Crippen MR) is 60.1 cm³/mol. The van der Waals surface area contributed by atoms with Gasteiger partial charge in [0, 0.05) is 18.8 Å². The lowest BCUT2D eigenvalue weighted by atomic mass is 10.3. The molecule has 0 spiro atoms. The van der Waals surface area contributed by atoms with Gasteiger partial charge in [0.25, 0.3) is 0 Å². The van der Waals surface area contributed by atoms with E-state index in [0.717, 1.165) is 12.8 Å². The van der Waals surface area contributed by atoms with Crippen LogP contribution in [0.1, 0.15) is 19.8 Å². The van der Waals surface area contributed by atoms with Crippen LogP contribution in [-0.4, -0.2) is 49.2 Å². The average Bonchev–Trinajstić information content (AvgIpc) is 2.12. The van der Waals surface area contributed by atoms with Crippen molar-refractivity contribution >= 4 is 13.8 Å². The summed E-state index contributed by atoms with van der Waals surface area (Å²) in [7, 11) is -4.64. The molecule has 0 amide bonds. The fraction of sp³-hybridized carbons (Fsp3) is 0.625. The van der Waals surface area contributed by atoms with Gasteiger partial charge in [0.15, 0.2) is 0 Å². The van der Waals surface area contributed by atoms with Crippen LogP contribution in [0.15, 0.2) is 12.2 Å². The summed E-state index contributed by atoms with van der Waals surface area (Å²) >= 11 is 0. The van der Waals surface area contributed by atoms with Gasteiger partial charge in [-0.15, -0.1) is 0 Å². The van der Waals surface area contributed by atoms with E-state index in [1.807, 2.05) is 0 Å². The van der Waals surface area contributed by atoms with Crippen LogP contribution in [0.3, 0.4) is 0 Å². The van der Waals surface area contributed by atoms with Crippen LogP contribution in [0.2, 0.25) is 0 Å². The van der Waals surface area contributed by atoms with Crippen LogP contribution in [0.5, 0.6) is 0 Å². The molecular weight excluding hydrogens is 255 g/mol. The molecule has 0 aliphatic heterocycles. The number of aliphatic carboxylic acids is 1. The van der Waals surface area contributed by atoms with Crippen LogP contribution in [0.25, 0.3) is 0 Å². The summed E-state index contributed by atoms with van der Waals surface area (Å²) < 4.78 is 8.88. The highest BCUT2D eigenvalue weighted by Crippen LogP contribution is 2.25. The molecule has 104 valence electrons. The number of aliphatic hydroxyl groups is 2. The van der Waals surface area contributed by atoms with Gasteiger partial charge in [0.1, 0.15) is 0 Å². The van der Waals surface area contributed by atoms with Gasteiger partial charge < -0.3 is 30.0 Å². The summed E-state index contributed by atoms with van der Waals surface area (Å²) in [5, 5.41) is 24.1. The summed E-state index contributed by atoms with van der Waals surface area (Å²) in [6.07, 6.45) is 1.44. The molecule has 0 heterocycles. The van der Waals surface area contributed by atoms with Gasteiger partial charge in [-0.2, -0.15) is 0 Å². The second-order valence-electron chi connectivity index (χ2n) is 2.75. The third-order valence-corrected chi connectivity index (χ3v) is 0.931. The van der Waals surface area contributed by atoms with Crippen LogP contribution in [0.4, 0.5) is 0 Å². The quantitative estimate of drug-likeness (QED) is 0.227. The molecular formula is C8H19O8P. The van der Waals surface area contributed by atoms with Crippen molar-refractivity contribution in [3.63, 3.8) is 0 Å². The third kappa shape index (κ3) is 68.6. The molecule has 0 radical (unpaired) electrons. The molecule has 0 aromatic carbocycles. The van der Waals surface area contributed by atoms with Crippen molar-refractivity contribution in [1.29, 1.82) is 0 Å². The van der Waals surface area contributed by atoms with Crippen molar-refractivity contribution in [3.05, 3.63) is 12.2 Å². The molecule has 9 heteroatoms. The molecule has 0 aliphatic rings. The molecule has 0 unspecified atom stereocenters. The van der Waals surface area contributed by atoms with Crippen LogP contribution in [-0.2, 0) is 9.36 Å². The molecule has 0 aromatic rings. The molecule has 0 atom stereocenters. The molecule has 6 N–H and O–H groups in total. The van der Waals surface area contributed by atoms with E-state index in [1.54, 1.807) is 0 Å². The van der Waals surface area contributed by atoms with Crippen LogP contribution >= 0.6 is 7.82 Å². The third-order valence-electron chi connectivity index (χ3n) is 0.931. The molecule has 8 nitrogen and oxygen atoms in total. The standard InChI is InChI=1S/C4H6O2.C4H10O2.H3O4P/c1-3(2)4(5)6;5-3-1-2-4-6;1-5(2,3)4/h1H2,2H3,(H,5,6);5-6H,1-4H2;(H3,1,2,3,4). The number of hydrogen-bond acceptors (Lipinski definition) is 4. The highest BCUT2D eigenvalue weighted by molar-refractivity contribution is 7.45. The Bertz CT molecular complexity index is 222. The molecule has 0 saturated carbocycles. The van der Waals surface area contributed by atoms with E-state index in [9.17, 15) is 4.79 Å². The average molecular weight is 274 g/mol. The van der Waals surface area contributed by atoms with E-state index in [1.165, 1.54) is 6.92 Å². The second-order valence-corrected chi connectivity index (χ2v) is 3.78. The van der Waals surface area contributed by atoms with Gasteiger partial charge in [0.05, 0.1) is 0 Å². The van der Waals surface area contributed by atoms with Gasteiger partial charge >= 0.3 is 13.8 Å². The Morgan fingerprint density at radius 2 is 1.29 bits per heavy atom. The topological polar surface area (TPSA) is 156 Å². The first-order valence-corrected chi connectivity index (χ1v) is 6.01. The molecule has 0 aromatic heterocycles. The first-order valence-electron chi connectivity index (χ1n) is 4.45. The maximum absolute atomic E-state index is 9.60. The number of unbranched alkanes of at least 4 members (excludes halogenated alkanes) is 1. The molecule has 0 bridgehead atoms. The fourth-order valence-electron chi connectivity index (χ4n) is 0.224. The Kier molecular flexibility index (Phi) is 16.8. The fourth-order valence-corrected chi connectivity index (χ4v) is 0.224. The van der Waals surface area contributed by atoms with Crippen molar-refractivity contribution in [2.24, 2.45) is 0 Å². The molecule has 0 rings (SSSR count). The lowest BCUT2D eigenvalue weighted by Crippen LogP contribution is -1.92. The van der Waals surface area contributed by atoms with Gasteiger partial charge in [-0.3, -0.25) is 0 Å². The first-order chi connectivity index (χ1) is 7.56. The number of carboxylic acids is 1. The zero-order chi connectivity index (χ0) is 14.5. The Morgan fingerprint density at radius 1 is 1.12 bits per heavy atom. The number of carboxylic acid groups (broad SMARTS) is 1. The first kappa shape index (κ1) is 21.5. The zero-order valence-corrected chi connectivity index (χ0v) is 10.4. The van der Waals surface area contributed by atoms with Gasteiger partial charge in [-0.25, -0.2) is 9.36 Å². The Labute approximate surface area is 99.1 Å². The maximum Gasteiger partial charge on any atom is 0.466 e. The van der Waals surface area contributed by atoms with E-state index in [0.29, 0.717) is 0 Å². The minimum atomic E-state index is -4.64. The minimum absolute atomic E-state index is 0.176. The number of carbonyl (C=O) groups is 1. The van der Waals surface area contributed by atoms with E-state index >= 15 is 0 Å². The summed E-state index contributed by atoms with van der Waals surface area (Å²) in [4.78, 5) is 31.2. The summed E-state index contributed by atoms with van der Waals surface area (Å²) in [6, 6.07) is 0. The predicted octanol–water partition coefficient (Wildman–Crippen LogP) is -0.530. The van der Waals surface area contributed by atoms with E-state index in [2.05, 4.69) is 6.58 Å². The summed E-state index contributed by atoms with van der Waals surface area (Å²) in [6.45, 7) is 4.99. The zero-order valence-electron chi connectivity index (χ0n) is 9.48. The summed E-state index contributed by atoms with van der Waals surface area (Å²) in [5.74, 6) is -0.935. The van der Waals surface area contributed by atoms with Crippen molar-refractivity contribution < 1.29 is 39.4 Å². The highest BCUT2D eigenvalue weighted by Gasteiger charge is 2.00. The van der Waals surface area contributed by atoms with Crippen molar-refractivity contribution in [1.82, 2.24) is 0 Å². The van der Waals surface area contributed by atoms with E-state index < -0.39 is 13.8 Å². The Balaban J connectivity index is -0.000000174. The number of aliphatic hydroxyl groups excluding tert-OH is 2.